The van der Waals surface area contributed by atoms with Gasteiger partial charge in [-0.25, -0.2) is 0 Å². The van der Waals surface area contributed by atoms with Crippen LogP contribution in [0.5, 0.6) is 0 Å². The highest BCUT2D eigenvalue weighted by Crippen LogP contribution is 2.43. The third-order valence-corrected chi connectivity index (χ3v) is 14.7. The summed E-state index contributed by atoms with van der Waals surface area (Å²) >= 11 is 0. The summed E-state index contributed by atoms with van der Waals surface area (Å²) in [6.07, 6.45) is 2.30. The van der Waals surface area contributed by atoms with Gasteiger partial charge in [0.25, 0.3) is 11.8 Å². The molecule has 2 saturated heterocycles. The van der Waals surface area contributed by atoms with Gasteiger partial charge >= 0.3 is 5.97 Å². The van der Waals surface area contributed by atoms with Crippen LogP contribution in [0.3, 0.4) is 0 Å². The number of likely N-dealkylation sites (tertiary alicyclic amines) is 2. The number of aliphatic carboxylic acids is 1. The van der Waals surface area contributed by atoms with Crippen LogP contribution < -0.4 is 21.3 Å². The molecule has 5 aliphatic rings. The zero-order valence-electron chi connectivity index (χ0n) is 40.8. The molecule has 3 saturated carbocycles. The second-order valence-electron chi connectivity index (χ2n) is 19.8. The van der Waals surface area contributed by atoms with Crippen molar-refractivity contribution in [3.8, 4) is 0 Å². The predicted molar refractivity (Wildman–Crippen MR) is 267 cm³/mol. The standard InChI is InChI=1S/C56H64N6O11/c63-50(64)20-22-71-24-26-73-27-25-72-23-21-57-51(65)43-31-61(32-44(43)52(66)58-47-28-40(47)35-10-4-1-5-11-35)55(69)38-16-18-39(19-17-38)56(70)62-33-45(53(67)59-48-29-41(48)36-12-6-2-7-13-36)46(34-62)54(68)60-49-30-42(49)37-14-8-3-9-15-37/h1-19,40-49H,20-34H2,(H,57,65)(H,58,66)(H,59,67)(H,60,68)(H,63,64)/t40-,41-,42-,43-,44-,45-,46-,47+,48+,49+/m1/s1. The van der Waals surface area contributed by atoms with Crippen LogP contribution >= 0.6 is 0 Å². The van der Waals surface area contributed by atoms with E-state index in [0.29, 0.717) is 5.56 Å². The Morgan fingerprint density at radius 1 is 0.438 bits per heavy atom. The number of hydrogen-bond donors (Lipinski definition) is 5. The molecular weight excluding hydrogens is 933 g/mol. The van der Waals surface area contributed by atoms with Gasteiger partial charge < -0.3 is 50.4 Å². The fourth-order valence-electron chi connectivity index (χ4n) is 10.3. The Balaban J connectivity index is 0.805. The summed E-state index contributed by atoms with van der Waals surface area (Å²) in [4.78, 5) is 97.6. The number of carboxylic acids is 1. The van der Waals surface area contributed by atoms with Crippen molar-refractivity contribution in [3.05, 3.63) is 143 Å². The van der Waals surface area contributed by atoms with Crippen LogP contribution in [0.1, 0.15) is 80.8 Å². The lowest BCUT2D eigenvalue weighted by atomic mass is 9.94. The molecule has 0 bridgehead atoms. The third-order valence-electron chi connectivity index (χ3n) is 14.7. The monoisotopic (exact) mass is 996 g/mol. The molecule has 4 aromatic carbocycles. The largest absolute Gasteiger partial charge is 0.481 e. The van der Waals surface area contributed by atoms with E-state index in [2.05, 4.69) is 21.3 Å². The lowest BCUT2D eigenvalue weighted by molar-refractivity contribution is -0.138. The number of nitrogens with one attached hydrogen (secondary N) is 4. The second-order valence-corrected chi connectivity index (χ2v) is 19.8. The maximum atomic E-state index is 14.2. The van der Waals surface area contributed by atoms with Gasteiger partial charge in [0.15, 0.2) is 0 Å². The summed E-state index contributed by atoms with van der Waals surface area (Å²) in [6, 6.07) is 36.0. The van der Waals surface area contributed by atoms with Gasteiger partial charge in [-0.05, 0) is 60.2 Å². The molecule has 6 amide bonds. The normalized spacial score (nSPS) is 25.6. The highest BCUT2D eigenvalue weighted by atomic mass is 16.5. The van der Waals surface area contributed by atoms with E-state index in [0.717, 1.165) is 36.0 Å². The molecule has 5 fully saturated rings. The first-order chi connectivity index (χ1) is 35.5. The topological polar surface area (TPSA) is 222 Å². The number of hydrogen-bond acceptors (Lipinski definition) is 10. The number of carbonyl (C=O) groups excluding carboxylic acids is 6. The number of carbonyl (C=O) groups is 7. The second kappa shape index (κ2) is 23.7. The smallest absolute Gasteiger partial charge is 0.305 e. The molecule has 0 unspecified atom stereocenters. The van der Waals surface area contributed by atoms with Crippen molar-refractivity contribution in [2.45, 2.75) is 61.6 Å². The minimum absolute atomic E-state index is 0.0000363. The molecule has 17 heteroatoms. The zero-order valence-corrected chi connectivity index (χ0v) is 40.8. The predicted octanol–water partition coefficient (Wildman–Crippen LogP) is 3.72. The molecule has 0 radical (unpaired) electrons. The number of carboxylic acid groups (broad SMARTS) is 1. The van der Waals surface area contributed by atoms with Crippen LogP contribution in [0.2, 0.25) is 0 Å². The Kier molecular flexibility index (Phi) is 16.6. The van der Waals surface area contributed by atoms with Crippen molar-refractivity contribution < 1.29 is 52.9 Å². The highest BCUT2D eigenvalue weighted by molar-refractivity contribution is 6.00. The third kappa shape index (κ3) is 13.2. The molecule has 384 valence electrons. The molecular formula is C56H64N6O11. The minimum atomic E-state index is -0.931. The molecule has 3 aliphatic carbocycles. The summed E-state index contributed by atoms with van der Waals surface area (Å²) in [7, 11) is 0. The molecule has 10 atom stereocenters. The molecule has 5 N–H and O–H groups in total. The summed E-state index contributed by atoms with van der Waals surface area (Å²) in [5, 5.41) is 21.0. The first kappa shape index (κ1) is 51.0. The van der Waals surface area contributed by atoms with E-state index in [1.807, 2.05) is 91.0 Å². The molecule has 73 heavy (non-hydrogen) atoms. The molecule has 4 aromatic rings. The van der Waals surface area contributed by atoms with Crippen molar-refractivity contribution in [1.29, 1.82) is 0 Å². The Bertz CT molecular complexity index is 2510. The van der Waals surface area contributed by atoms with E-state index in [1.54, 1.807) is 29.2 Å². The molecule has 2 aliphatic heterocycles. The van der Waals surface area contributed by atoms with Gasteiger partial charge in [0.05, 0.1) is 69.7 Å². The first-order valence-electron chi connectivity index (χ1n) is 25.5. The van der Waals surface area contributed by atoms with E-state index in [9.17, 15) is 33.6 Å². The summed E-state index contributed by atoms with van der Waals surface area (Å²) < 4.78 is 16.2. The van der Waals surface area contributed by atoms with Crippen molar-refractivity contribution in [3.63, 3.8) is 0 Å². The van der Waals surface area contributed by atoms with Crippen molar-refractivity contribution in [2.75, 3.05) is 72.4 Å². The summed E-state index contributed by atoms with van der Waals surface area (Å²) in [5.74, 6) is -5.47. The summed E-state index contributed by atoms with van der Waals surface area (Å²) in [6.45, 7) is 1.68. The quantitative estimate of drug-likeness (QED) is 0.0637. The van der Waals surface area contributed by atoms with E-state index in [-0.39, 0.29) is 150 Å². The Morgan fingerprint density at radius 2 is 0.767 bits per heavy atom. The van der Waals surface area contributed by atoms with Crippen molar-refractivity contribution in [1.82, 2.24) is 31.1 Å². The van der Waals surface area contributed by atoms with Gasteiger partial charge in [0.2, 0.25) is 23.6 Å². The van der Waals surface area contributed by atoms with Gasteiger partial charge in [0.1, 0.15) is 0 Å². The maximum absolute atomic E-state index is 14.2. The minimum Gasteiger partial charge on any atom is -0.481 e. The first-order valence-corrected chi connectivity index (χ1v) is 25.5. The van der Waals surface area contributed by atoms with Gasteiger partial charge in [-0.2, -0.15) is 0 Å². The molecule has 0 aromatic heterocycles. The maximum Gasteiger partial charge on any atom is 0.305 e. The Labute approximate surface area is 424 Å². The van der Waals surface area contributed by atoms with E-state index in [4.69, 9.17) is 19.3 Å². The molecule has 17 nitrogen and oxygen atoms in total. The average Bonchev–Trinajstić information content (AvgIpc) is 4.38. The highest BCUT2D eigenvalue weighted by Gasteiger charge is 2.50. The lowest BCUT2D eigenvalue weighted by Gasteiger charge is -2.18. The fourth-order valence-corrected chi connectivity index (χ4v) is 10.3. The van der Waals surface area contributed by atoms with Gasteiger partial charge in [-0.15, -0.1) is 0 Å². The van der Waals surface area contributed by atoms with Crippen LogP contribution in [-0.4, -0.2) is 147 Å². The van der Waals surface area contributed by atoms with E-state index >= 15 is 0 Å². The van der Waals surface area contributed by atoms with Crippen LogP contribution in [0.15, 0.2) is 115 Å². The van der Waals surface area contributed by atoms with Gasteiger partial charge in [-0.1, -0.05) is 91.0 Å². The molecule has 0 spiro atoms. The number of ether oxygens (including phenoxy) is 3. The number of rotatable bonds is 24. The Morgan fingerprint density at radius 3 is 1.12 bits per heavy atom. The number of nitrogens with zero attached hydrogens (tertiary/aromatic N) is 2. The number of amides is 6. The fraction of sp³-hybridized carbons (Fsp3) is 0.446. The number of benzene rings is 4. The van der Waals surface area contributed by atoms with Gasteiger partial charge in [-0.3, -0.25) is 33.6 Å². The summed E-state index contributed by atoms with van der Waals surface area (Å²) in [5.41, 5.74) is 3.98. The SMILES string of the molecule is O=C(O)CCOCCOCCOCCNC(=O)[C@@H]1CN(C(=O)c2ccc(C(=O)N3C[C@@H](C(=O)N[C@H]4C[C@@H]4c4ccccc4)[C@H](C(=O)N[C@H]4C[C@@H]4c4ccccc4)C3)cc2)C[C@H]1C(=O)N[C@H]1C[C@@H]1c1ccccc1. The average molecular weight is 997 g/mol. The van der Waals surface area contributed by atoms with Crippen LogP contribution in [0.25, 0.3) is 0 Å². The van der Waals surface area contributed by atoms with Crippen LogP contribution in [0.4, 0.5) is 0 Å². The van der Waals surface area contributed by atoms with Crippen molar-refractivity contribution in [2.24, 2.45) is 23.7 Å². The van der Waals surface area contributed by atoms with Crippen molar-refractivity contribution >= 4 is 41.4 Å². The molecule has 2 heterocycles. The molecule has 9 rings (SSSR count). The van der Waals surface area contributed by atoms with Crippen LogP contribution in [0, 0.1) is 23.7 Å². The van der Waals surface area contributed by atoms with Crippen LogP contribution in [-0.2, 0) is 38.2 Å². The zero-order chi connectivity index (χ0) is 50.8. The van der Waals surface area contributed by atoms with E-state index < -0.39 is 35.5 Å². The van der Waals surface area contributed by atoms with Gasteiger partial charge in [0, 0.05) is 79.7 Å². The Hall–Kier alpha value is -6.95. The lowest BCUT2D eigenvalue weighted by Crippen LogP contribution is -2.43. The van der Waals surface area contributed by atoms with E-state index in [1.165, 1.54) is 4.90 Å².